The van der Waals surface area contributed by atoms with Crippen LogP contribution in [0.1, 0.15) is 18.9 Å². The van der Waals surface area contributed by atoms with Gasteiger partial charge in [-0.15, -0.1) is 11.3 Å². The van der Waals surface area contributed by atoms with E-state index in [1.807, 2.05) is 11.6 Å². The molecule has 0 fully saturated rings. The quantitative estimate of drug-likeness (QED) is 0.743. The van der Waals surface area contributed by atoms with Gasteiger partial charge >= 0.3 is 0 Å². The van der Waals surface area contributed by atoms with Crippen LogP contribution in [0.2, 0.25) is 0 Å². The first-order valence-corrected chi connectivity index (χ1v) is 6.41. The topological polar surface area (TPSA) is 34.1 Å². The summed E-state index contributed by atoms with van der Waals surface area (Å²) >= 11 is 1.67. The molecular formula is C12H20N2OS. The summed E-state index contributed by atoms with van der Waals surface area (Å²) in [6.07, 6.45) is 4.02. The molecular weight excluding hydrogens is 220 g/mol. The van der Waals surface area contributed by atoms with Crippen LogP contribution in [0.5, 0.6) is 0 Å². The average Bonchev–Trinajstić information content (AvgIpc) is 2.75. The molecule has 4 heteroatoms. The Morgan fingerprint density at radius 1 is 1.62 bits per heavy atom. The highest BCUT2D eigenvalue weighted by atomic mass is 32.1. The summed E-state index contributed by atoms with van der Waals surface area (Å²) < 4.78 is 5.00. The molecule has 0 aliphatic rings. The van der Waals surface area contributed by atoms with E-state index >= 15 is 0 Å². The summed E-state index contributed by atoms with van der Waals surface area (Å²) in [6, 6.07) is 0. The van der Waals surface area contributed by atoms with Gasteiger partial charge in [-0.1, -0.05) is 19.4 Å². The Labute approximate surface area is 102 Å². The standard InChI is InChI=1S/C12H20N2OS/c1-10(2)11(9-13-4-6-15-3)8-12-14-5-7-16-12/h5,7-8,10,13H,4,6,9H2,1-3H3/b11-8-. The van der Waals surface area contributed by atoms with Crippen LogP contribution in [-0.2, 0) is 4.74 Å². The summed E-state index contributed by atoms with van der Waals surface area (Å²) in [5.41, 5.74) is 1.38. The van der Waals surface area contributed by atoms with E-state index in [0.717, 1.165) is 24.7 Å². The van der Waals surface area contributed by atoms with Gasteiger partial charge in [-0.3, -0.25) is 0 Å². The summed E-state index contributed by atoms with van der Waals surface area (Å²) in [7, 11) is 1.72. The molecule has 0 aromatic carbocycles. The fraction of sp³-hybridized carbons (Fsp3) is 0.583. The number of ether oxygens (including phenoxy) is 1. The van der Waals surface area contributed by atoms with Gasteiger partial charge in [0, 0.05) is 31.8 Å². The lowest BCUT2D eigenvalue weighted by atomic mass is 10.0. The first-order chi connectivity index (χ1) is 7.74. The number of nitrogens with one attached hydrogen (secondary N) is 1. The van der Waals surface area contributed by atoms with Gasteiger partial charge in [0.2, 0.25) is 0 Å². The van der Waals surface area contributed by atoms with E-state index in [1.165, 1.54) is 5.57 Å². The molecule has 16 heavy (non-hydrogen) atoms. The molecule has 3 nitrogen and oxygen atoms in total. The lowest BCUT2D eigenvalue weighted by molar-refractivity contribution is 0.200. The highest BCUT2D eigenvalue weighted by Crippen LogP contribution is 2.15. The van der Waals surface area contributed by atoms with Crippen LogP contribution in [0.4, 0.5) is 0 Å². The van der Waals surface area contributed by atoms with Crippen molar-refractivity contribution in [1.82, 2.24) is 10.3 Å². The summed E-state index contributed by atoms with van der Waals surface area (Å²) in [6.45, 7) is 6.95. The second-order valence-corrected chi connectivity index (χ2v) is 4.84. The summed E-state index contributed by atoms with van der Waals surface area (Å²) in [5.74, 6) is 0.541. The maximum Gasteiger partial charge on any atom is 0.115 e. The molecule has 0 saturated heterocycles. The summed E-state index contributed by atoms with van der Waals surface area (Å²) in [5, 5.41) is 6.45. The van der Waals surface area contributed by atoms with E-state index in [4.69, 9.17) is 4.74 Å². The highest BCUT2D eigenvalue weighted by Gasteiger charge is 2.04. The van der Waals surface area contributed by atoms with Gasteiger partial charge in [-0.05, 0) is 12.0 Å². The monoisotopic (exact) mass is 240 g/mol. The Morgan fingerprint density at radius 2 is 2.44 bits per heavy atom. The van der Waals surface area contributed by atoms with Gasteiger partial charge in [0.1, 0.15) is 5.01 Å². The molecule has 0 bridgehead atoms. The smallest absolute Gasteiger partial charge is 0.115 e. The molecule has 0 amide bonds. The van der Waals surface area contributed by atoms with Crippen molar-refractivity contribution in [2.45, 2.75) is 13.8 Å². The Balaban J connectivity index is 2.48. The van der Waals surface area contributed by atoms with Crippen LogP contribution >= 0.6 is 11.3 Å². The molecule has 0 spiro atoms. The van der Waals surface area contributed by atoms with Gasteiger partial charge in [0.15, 0.2) is 0 Å². The van der Waals surface area contributed by atoms with Crippen LogP contribution in [0.15, 0.2) is 17.2 Å². The van der Waals surface area contributed by atoms with E-state index < -0.39 is 0 Å². The van der Waals surface area contributed by atoms with E-state index in [1.54, 1.807) is 18.4 Å². The Hall–Kier alpha value is -0.710. The molecule has 0 atom stereocenters. The van der Waals surface area contributed by atoms with Crippen molar-refractivity contribution < 1.29 is 4.74 Å². The second-order valence-electron chi connectivity index (χ2n) is 3.91. The molecule has 1 heterocycles. The molecule has 1 N–H and O–H groups in total. The number of nitrogens with zero attached hydrogens (tertiary/aromatic N) is 1. The Kier molecular flexibility index (Phi) is 6.30. The Bertz CT molecular complexity index is 307. The zero-order valence-corrected chi connectivity index (χ0v) is 11.0. The molecule has 0 saturated carbocycles. The normalized spacial score (nSPS) is 12.4. The van der Waals surface area contributed by atoms with Crippen molar-refractivity contribution in [3.8, 4) is 0 Å². The van der Waals surface area contributed by atoms with Crippen molar-refractivity contribution in [1.29, 1.82) is 0 Å². The maximum absolute atomic E-state index is 5.00. The number of hydrogen-bond acceptors (Lipinski definition) is 4. The minimum Gasteiger partial charge on any atom is -0.383 e. The molecule has 0 aliphatic heterocycles. The molecule has 90 valence electrons. The van der Waals surface area contributed by atoms with Crippen molar-refractivity contribution in [2.75, 3.05) is 26.8 Å². The van der Waals surface area contributed by atoms with E-state index in [0.29, 0.717) is 5.92 Å². The fourth-order valence-corrected chi connectivity index (χ4v) is 1.90. The molecule has 0 aliphatic carbocycles. The summed E-state index contributed by atoms with van der Waals surface area (Å²) in [4.78, 5) is 4.27. The van der Waals surface area contributed by atoms with Crippen LogP contribution < -0.4 is 5.32 Å². The predicted molar refractivity (Wildman–Crippen MR) is 69.7 cm³/mol. The third-order valence-corrected chi connectivity index (χ3v) is 3.04. The highest BCUT2D eigenvalue weighted by molar-refractivity contribution is 7.10. The van der Waals surface area contributed by atoms with Gasteiger partial charge in [-0.2, -0.15) is 0 Å². The van der Waals surface area contributed by atoms with Gasteiger partial charge in [0.05, 0.1) is 6.61 Å². The van der Waals surface area contributed by atoms with Gasteiger partial charge in [0.25, 0.3) is 0 Å². The second kappa shape index (κ2) is 7.54. The number of rotatable bonds is 7. The first kappa shape index (κ1) is 13.4. The first-order valence-electron chi connectivity index (χ1n) is 5.53. The average molecular weight is 240 g/mol. The third kappa shape index (κ3) is 4.88. The lowest BCUT2D eigenvalue weighted by Gasteiger charge is -2.12. The fourth-order valence-electron chi connectivity index (χ4n) is 1.29. The van der Waals surface area contributed by atoms with Crippen molar-refractivity contribution in [3.05, 3.63) is 22.2 Å². The largest absolute Gasteiger partial charge is 0.383 e. The lowest BCUT2D eigenvalue weighted by Crippen LogP contribution is -2.23. The van der Waals surface area contributed by atoms with Crippen LogP contribution in [0.3, 0.4) is 0 Å². The van der Waals surface area contributed by atoms with Crippen molar-refractivity contribution in [2.24, 2.45) is 5.92 Å². The van der Waals surface area contributed by atoms with Crippen LogP contribution in [0, 0.1) is 5.92 Å². The van der Waals surface area contributed by atoms with Gasteiger partial charge < -0.3 is 10.1 Å². The molecule has 0 radical (unpaired) electrons. The van der Waals surface area contributed by atoms with E-state index in [2.05, 4.69) is 30.2 Å². The number of hydrogen-bond donors (Lipinski definition) is 1. The number of methoxy groups -OCH3 is 1. The predicted octanol–water partition coefficient (Wildman–Crippen LogP) is 2.42. The SMILES string of the molecule is COCCNC/C(=C/c1nccs1)C(C)C. The number of thiazole rings is 1. The van der Waals surface area contributed by atoms with Crippen molar-refractivity contribution >= 4 is 17.4 Å². The van der Waals surface area contributed by atoms with Crippen LogP contribution in [0.25, 0.3) is 6.08 Å². The molecule has 1 aromatic rings. The minimum absolute atomic E-state index is 0.541. The van der Waals surface area contributed by atoms with Crippen molar-refractivity contribution in [3.63, 3.8) is 0 Å². The zero-order chi connectivity index (χ0) is 11.8. The molecule has 0 unspecified atom stereocenters. The molecule has 1 rings (SSSR count). The van der Waals surface area contributed by atoms with Gasteiger partial charge in [-0.25, -0.2) is 4.98 Å². The number of aromatic nitrogens is 1. The van der Waals surface area contributed by atoms with Crippen LogP contribution in [-0.4, -0.2) is 31.8 Å². The minimum atomic E-state index is 0.541. The Morgan fingerprint density at radius 3 is 3.00 bits per heavy atom. The third-order valence-electron chi connectivity index (χ3n) is 2.31. The molecule has 1 aromatic heterocycles. The van der Waals surface area contributed by atoms with E-state index in [-0.39, 0.29) is 0 Å². The van der Waals surface area contributed by atoms with E-state index in [9.17, 15) is 0 Å². The zero-order valence-electron chi connectivity index (χ0n) is 10.2. The maximum atomic E-state index is 5.00.